The fourth-order valence-corrected chi connectivity index (χ4v) is 2.25. The van der Waals surface area contributed by atoms with E-state index in [4.69, 9.17) is 5.11 Å². The molecule has 0 bridgehead atoms. The SMILES string of the molecule is CCCCN(CCO)C(=O)c1snnc1CC. The highest BCUT2D eigenvalue weighted by Crippen LogP contribution is 2.14. The van der Waals surface area contributed by atoms with Crippen LogP contribution in [0.25, 0.3) is 0 Å². The zero-order valence-corrected chi connectivity index (χ0v) is 11.2. The van der Waals surface area contributed by atoms with Crippen LogP contribution in [-0.4, -0.2) is 45.2 Å². The summed E-state index contributed by atoms with van der Waals surface area (Å²) in [6.07, 6.45) is 2.68. The Balaban J connectivity index is 2.76. The van der Waals surface area contributed by atoms with Crippen molar-refractivity contribution in [3.8, 4) is 0 Å². The summed E-state index contributed by atoms with van der Waals surface area (Å²) < 4.78 is 3.82. The van der Waals surface area contributed by atoms with Gasteiger partial charge in [0.15, 0.2) is 0 Å². The first kappa shape index (κ1) is 14.1. The highest BCUT2D eigenvalue weighted by atomic mass is 32.1. The smallest absolute Gasteiger partial charge is 0.267 e. The van der Waals surface area contributed by atoms with Crippen molar-refractivity contribution in [2.45, 2.75) is 33.1 Å². The van der Waals surface area contributed by atoms with Crippen molar-refractivity contribution in [3.63, 3.8) is 0 Å². The van der Waals surface area contributed by atoms with Crippen molar-refractivity contribution in [1.82, 2.24) is 14.5 Å². The molecular formula is C11H19N3O2S. The average molecular weight is 257 g/mol. The summed E-state index contributed by atoms with van der Waals surface area (Å²) in [5, 5.41) is 12.9. The maximum Gasteiger partial charge on any atom is 0.267 e. The van der Waals surface area contributed by atoms with Crippen LogP contribution in [0, 0.1) is 0 Å². The molecule has 0 radical (unpaired) electrons. The van der Waals surface area contributed by atoms with E-state index < -0.39 is 0 Å². The Morgan fingerprint density at radius 2 is 2.18 bits per heavy atom. The number of unbranched alkanes of at least 4 members (excludes halogenated alkanes) is 1. The number of aliphatic hydroxyl groups is 1. The number of aryl methyl sites for hydroxylation is 1. The Kier molecular flexibility index (Phi) is 6.07. The van der Waals surface area contributed by atoms with Crippen LogP contribution in [-0.2, 0) is 6.42 Å². The van der Waals surface area contributed by atoms with E-state index in [-0.39, 0.29) is 12.5 Å². The van der Waals surface area contributed by atoms with Crippen LogP contribution >= 0.6 is 11.5 Å². The van der Waals surface area contributed by atoms with Crippen LogP contribution in [0.5, 0.6) is 0 Å². The molecule has 1 aromatic rings. The molecule has 6 heteroatoms. The van der Waals surface area contributed by atoms with Gasteiger partial charge in [0.1, 0.15) is 4.88 Å². The predicted octanol–water partition coefficient (Wildman–Crippen LogP) is 1.34. The number of aromatic nitrogens is 2. The van der Waals surface area contributed by atoms with Crippen molar-refractivity contribution >= 4 is 17.4 Å². The van der Waals surface area contributed by atoms with E-state index in [9.17, 15) is 4.79 Å². The molecule has 0 aliphatic heterocycles. The topological polar surface area (TPSA) is 66.3 Å². The molecule has 1 heterocycles. The lowest BCUT2D eigenvalue weighted by atomic mass is 10.2. The minimum absolute atomic E-state index is 0.0108. The van der Waals surface area contributed by atoms with E-state index in [1.54, 1.807) is 4.90 Å². The summed E-state index contributed by atoms with van der Waals surface area (Å²) in [6.45, 7) is 5.07. The fourth-order valence-electron chi connectivity index (χ4n) is 1.53. The quantitative estimate of drug-likeness (QED) is 0.800. The van der Waals surface area contributed by atoms with Gasteiger partial charge in [-0.25, -0.2) is 0 Å². The third-order valence-corrected chi connectivity index (χ3v) is 3.28. The molecule has 0 aliphatic carbocycles. The molecule has 1 aromatic heterocycles. The first-order valence-electron chi connectivity index (χ1n) is 5.95. The number of nitrogens with zero attached hydrogens (tertiary/aromatic N) is 3. The van der Waals surface area contributed by atoms with E-state index >= 15 is 0 Å². The van der Waals surface area contributed by atoms with E-state index in [0.29, 0.717) is 24.4 Å². The van der Waals surface area contributed by atoms with Crippen molar-refractivity contribution in [1.29, 1.82) is 0 Å². The van der Waals surface area contributed by atoms with Crippen molar-refractivity contribution in [3.05, 3.63) is 10.6 Å². The predicted molar refractivity (Wildman–Crippen MR) is 67.2 cm³/mol. The Morgan fingerprint density at radius 3 is 2.76 bits per heavy atom. The van der Waals surface area contributed by atoms with Crippen LogP contribution < -0.4 is 0 Å². The third-order valence-electron chi connectivity index (χ3n) is 2.52. The molecular weight excluding hydrogens is 238 g/mol. The third kappa shape index (κ3) is 3.74. The molecule has 0 fully saturated rings. The number of carbonyl (C=O) groups is 1. The number of hydrogen-bond donors (Lipinski definition) is 1. The minimum Gasteiger partial charge on any atom is -0.395 e. The van der Waals surface area contributed by atoms with Gasteiger partial charge in [-0.3, -0.25) is 4.79 Å². The number of aliphatic hydroxyl groups excluding tert-OH is 1. The Morgan fingerprint density at radius 1 is 1.41 bits per heavy atom. The summed E-state index contributed by atoms with van der Waals surface area (Å²) in [5.41, 5.74) is 0.749. The second kappa shape index (κ2) is 7.34. The maximum atomic E-state index is 12.2. The maximum absolute atomic E-state index is 12.2. The van der Waals surface area contributed by atoms with Crippen LogP contribution in [0.1, 0.15) is 42.1 Å². The normalized spacial score (nSPS) is 10.5. The number of hydrogen-bond acceptors (Lipinski definition) is 5. The molecule has 0 unspecified atom stereocenters. The molecule has 0 saturated carbocycles. The van der Waals surface area contributed by atoms with Gasteiger partial charge in [-0.15, -0.1) is 5.10 Å². The molecule has 0 aromatic carbocycles. The Hall–Kier alpha value is -1.01. The lowest BCUT2D eigenvalue weighted by Gasteiger charge is -2.20. The van der Waals surface area contributed by atoms with Gasteiger partial charge < -0.3 is 10.0 Å². The number of amides is 1. The summed E-state index contributed by atoms with van der Waals surface area (Å²) in [4.78, 5) is 14.5. The minimum atomic E-state index is -0.0562. The summed E-state index contributed by atoms with van der Waals surface area (Å²) in [7, 11) is 0. The van der Waals surface area contributed by atoms with Gasteiger partial charge in [-0.05, 0) is 24.4 Å². The second-order valence-electron chi connectivity index (χ2n) is 3.77. The molecule has 0 aliphatic rings. The lowest BCUT2D eigenvalue weighted by Crippen LogP contribution is -2.34. The fraction of sp³-hybridized carbons (Fsp3) is 0.727. The zero-order chi connectivity index (χ0) is 12.7. The van der Waals surface area contributed by atoms with Crippen molar-refractivity contribution in [2.24, 2.45) is 0 Å². The average Bonchev–Trinajstić information content (AvgIpc) is 2.81. The van der Waals surface area contributed by atoms with Gasteiger partial charge >= 0.3 is 0 Å². The molecule has 1 amide bonds. The number of rotatable bonds is 7. The number of carbonyl (C=O) groups excluding carboxylic acids is 1. The molecule has 0 spiro atoms. The molecule has 1 N–H and O–H groups in total. The molecule has 5 nitrogen and oxygen atoms in total. The van der Waals surface area contributed by atoms with Gasteiger partial charge in [-0.2, -0.15) is 0 Å². The van der Waals surface area contributed by atoms with Gasteiger partial charge in [0.2, 0.25) is 0 Å². The standard InChI is InChI=1S/C11H19N3O2S/c1-3-5-6-14(7-8-15)11(16)10-9(4-2)12-13-17-10/h15H,3-8H2,1-2H3. The first-order chi connectivity index (χ1) is 8.24. The van der Waals surface area contributed by atoms with E-state index in [1.807, 2.05) is 6.92 Å². The van der Waals surface area contributed by atoms with Gasteiger partial charge in [-0.1, -0.05) is 24.8 Å². The van der Waals surface area contributed by atoms with Gasteiger partial charge in [0, 0.05) is 13.1 Å². The van der Waals surface area contributed by atoms with E-state index in [1.165, 1.54) is 0 Å². The van der Waals surface area contributed by atoms with E-state index in [2.05, 4.69) is 16.5 Å². The van der Waals surface area contributed by atoms with E-state index in [0.717, 1.165) is 30.1 Å². The highest BCUT2D eigenvalue weighted by Gasteiger charge is 2.20. The molecule has 17 heavy (non-hydrogen) atoms. The molecule has 0 saturated heterocycles. The van der Waals surface area contributed by atoms with Gasteiger partial charge in [0.25, 0.3) is 5.91 Å². The molecule has 96 valence electrons. The first-order valence-corrected chi connectivity index (χ1v) is 6.73. The Labute approximate surface area is 106 Å². The van der Waals surface area contributed by atoms with Crippen LogP contribution in [0.2, 0.25) is 0 Å². The van der Waals surface area contributed by atoms with Crippen molar-refractivity contribution < 1.29 is 9.90 Å². The summed E-state index contributed by atoms with van der Waals surface area (Å²) >= 11 is 1.14. The lowest BCUT2D eigenvalue weighted by molar-refractivity contribution is 0.0723. The monoisotopic (exact) mass is 257 g/mol. The van der Waals surface area contributed by atoms with Crippen molar-refractivity contribution in [2.75, 3.05) is 19.7 Å². The largest absolute Gasteiger partial charge is 0.395 e. The Bertz CT molecular complexity index is 354. The molecule has 0 atom stereocenters. The highest BCUT2D eigenvalue weighted by molar-refractivity contribution is 7.07. The van der Waals surface area contributed by atoms with Crippen LogP contribution in [0.15, 0.2) is 0 Å². The second-order valence-corrected chi connectivity index (χ2v) is 4.53. The van der Waals surface area contributed by atoms with Crippen LogP contribution in [0.4, 0.5) is 0 Å². The van der Waals surface area contributed by atoms with Gasteiger partial charge in [0.05, 0.1) is 12.3 Å². The zero-order valence-electron chi connectivity index (χ0n) is 10.3. The summed E-state index contributed by atoms with van der Waals surface area (Å²) in [6, 6.07) is 0. The molecule has 1 rings (SSSR count). The summed E-state index contributed by atoms with van der Waals surface area (Å²) in [5.74, 6) is -0.0562. The van der Waals surface area contributed by atoms with Crippen LogP contribution in [0.3, 0.4) is 0 Å².